The lowest BCUT2D eigenvalue weighted by molar-refractivity contribution is 0.789. The number of hydrogen-bond donors (Lipinski definition) is 2. The average molecular weight is 193 g/mol. The highest BCUT2D eigenvalue weighted by atomic mass is 16.1. The van der Waals surface area contributed by atoms with Gasteiger partial charge in [-0.1, -0.05) is 0 Å². The normalized spacial score (nSPS) is 21.1. The van der Waals surface area contributed by atoms with Crippen molar-refractivity contribution < 1.29 is 0 Å². The number of anilines is 1. The molecule has 1 aromatic rings. The monoisotopic (exact) mass is 193 g/mol. The maximum Gasteiger partial charge on any atom is 0.252 e. The van der Waals surface area contributed by atoms with Gasteiger partial charge in [0.1, 0.15) is 0 Å². The number of aromatic nitrogens is 1. The fraction of sp³-hybridized carbons (Fsp3) is 0.500. The minimum absolute atomic E-state index is 0.0287. The Morgan fingerprint density at radius 3 is 3.14 bits per heavy atom. The van der Waals surface area contributed by atoms with Crippen LogP contribution in [0, 0.1) is 0 Å². The highest BCUT2D eigenvalue weighted by Gasteiger charge is 2.13. The zero-order valence-corrected chi connectivity index (χ0v) is 8.29. The Morgan fingerprint density at radius 2 is 2.50 bits per heavy atom. The first-order chi connectivity index (χ1) is 6.75. The summed E-state index contributed by atoms with van der Waals surface area (Å²) in [5.74, 6) is 0. The van der Waals surface area contributed by atoms with E-state index in [2.05, 4.69) is 10.6 Å². The summed E-state index contributed by atoms with van der Waals surface area (Å²) < 4.78 is 1.57. The molecule has 0 radical (unpaired) electrons. The lowest BCUT2D eigenvalue weighted by atomic mass is 10.2. The van der Waals surface area contributed by atoms with E-state index in [1.165, 1.54) is 0 Å². The number of nitrogens with one attached hydrogen (secondary N) is 2. The molecular formula is C10H15N3O. The summed E-state index contributed by atoms with van der Waals surface area (Å²) in [6, 6.07) is 4.03. The van der Waals surface area contributed by atoms with Gasteiger partial charge in [0.05, 0.1) is 0 Å². The molecule has 1 fully saturated rings. The molecule has 4 nitrogen and oxygen atoms in total. The van der Waals surface area contributed by atoms with Crippen LogP contribution in [0.1, 0.15) is 6.42 Å². The zero-order valence-electron chi connectivity index (χ0n) is 8.29. The summed E-state index contributed by atoms with van der Waals surface area (Å²) in [6.07, 6.45) is 2.91. The molecule has 1 unspecified atom stereocenters. The molecule has 2 N–H and O–H groups in total. The van der Waals surface area contributed by atoms with Crippen LogP contribution in [0.3, 0.4) is 0 Å². The lowest BCUT2D eigenvalue weighted by Gasteiger charge is -2.12. The maximum absolute atomic E-state index is 11.3. The van der Waals surface area contributed by atoms with Crippen molar-refractivity contribution in [2.24, 2.45) is 7.05 Å². The van der Waals surface area contributed by atoms with Crippen molar-refractivity contribution in [3.05, 3.63) is 28.7 Å². The van der Waals surface area contributed by atoms with Crippen LogP contribution in [0.25, 0.3) is 0 Å². The van der Waals surface area contributed by atoms with Crippen LogP contribution in [-0.2, 0) is 7.05 Å². The average Bonchev–Trinajstić information content (AvgIpc) is 2.64. The molecule has 1 saturated heterocycles. The predicted molar refractivity (Wildman–Crippen MR) is 56.6 cm³/mol. The van der Waals surface area contributed by atoms with Crippen molar-refractivity contribution >= 4 is 5.69 Å². The Hall–Kier alpha value is -1.29. The summed E-state index contributed by atoms with van der Waals surface area (Å²) >= 11 is 0. The molecule has 0 saturated carbocycles. The van der Waals surface area contributed by atoms with E-state index < -0.39 is 0 Å². The maximum atomic E-state index is 11.3. The van der Waals surface area contributed by atoms with E-state index in [0.717, 1.165) is 25.2 Å². The van der Waals surface area contributed by atoms with Gasteiger partial charge in [0.15, 0.2) is 0 Å². The molecule has 1 aliphatic rings. The lowest BCUT2D eigenvalue weighted by Crippen LogP contribution is -2.24. The second-order valence-electron chi connectivity index (χ2n) is 3.70. The third-order valence-electron chi connectivity index (χ3n) is 2.54. The van der Waals surface area contributed by atoms with Crippen LogP contribution >= 0.6 is 0 Å². The Morgan fingerprint density at radius 1 is 1.64 bits per heavy atom. The highest BCUT2D eigenvalue weighted by Crippen LogP contribution is 2.08. The van der Waals surface area contributed by atoms with Gasteiger partial charge < -0.3 is 15.2 Å². The van der Waals surface area contributed by atoms with Crippen molar-refractivity contribution in [3.8, 4) is 0 Å². The number of hydrogen-bond acceptors (Lipinski definition) is 3. The fourth-order valence-electron chi connectivity index (χ4n) is 1.65. The number of aryl methyl sites for hydroxylation is 1. The molecule has 4 heteroatoms. The minimum atomic E-state index is 0.0287. The van der Waals surface area contributed by atoms with Gasteiger partial charge in [-0.3, -0.25) is 4.79 Å². The Kier molecular flexibility index (Phi) is 2.54. The van der Waals surface area contributed by atoms with Gasteiger partial charge in [-0.25, -0.2) is 0 Å². The molecule has 2 heterocycles. The smallest absolute Gasteiger partial charge is 0.252 e. The van der Waals surface area contributed by atoms with E-state index in [0.29, 0.717) is 6.04 Å². The largest absolute Gasteiger partial charge is 0.381 e. The molecule has 0 aromatic carbocycles. The summed E-state index contributed by atoms with van der Waals surface area (Å²) in [4.78, 5) is 11.3. The first kappa shape index (κ1) is 9.27. The molecule has 0 aliphatic carbocycles. The van der Waals surface area contributed by atoms with Gasteiger partial charge in [-0.15, -0.1) is 0 Å². The zero-order chi connectivity index (χ0) is 9.97. The van der Waals surface area contributed by atoms with Gasteiger partial charge >= 0.3 is 0 Å². The van der Waals surface area contributed by atoms with Crippen molar-refractivity contribution in [3.63, 3.8) is 0 Å². The molecule has 14 heavy (non-hydrogen) atoms. The van der Waals surface area contributed by atoms with E-state index in [1.54, 1.807) is 23.9 Å². The molecule has 1 aliphatic heterocycles. The minimum Gasteiger partial charge on any atom is -0.381 e. The van der Waals surface area contributed by atoms with Crippen molar-refractivity contribution in [1.29, 1.82) is 0 Å². The van der Waals surface area contributed by atoms with Crippen LogP contribution in [0.15, 0.2) is 23.1 Å². The van der Waals surface area contributed by atoms with E-state index in [4.69, 9.17) is 0 Å². The first-order valence-corrected chi connectivity index (χ1v) is 4.89. The summed E-state index contributed by atoms with van der Waals surface area (Å²) in [5, 5.41) is 6.61. The Balaban J connectivity index is 2.09. The molecule has 1 atom stereocenters. The standard InChI is InChI=1S/C10H15N3O/c1-13-5-3-8(6-10(13)14)12-9-2-4-11-7-9/h3,5-6,9,11-12H,2,4,7H2,1H3. The number of pyridine rings is 1. The first-order valence-electron chi connectivity index (χ1n) is 4.89. The van der Waals surface area contributed by atoms with Crippen molar-refractivity contribution in [2.75, 3.05) is 18.4 Å². The number of rotatable bonds is 2. The Labute approximate surface area is 82.9 Å². The fourth-order valence-corrected chi connectivity index (χ4v) is 1.65. The summed E-state index contributed by atoms with van der Waals surface area (Å²) in [5.41, 5.74) is 0.947. The molecule has 0 amide bonds. The highest BCUT2D eigenvalue weighted by molar-refractivity contribution is 5.42. The van der Waals surface area contributed by atoms with Crippen LogP contribution in [0.4, 0.5) is 5.69 Å². The Bertz CT molecular complexity index is 366. The van der Waals surface area contributed by atoms with Crippen LogP contribution in [-0.4, -0.2) is 23.7 Å². The van der Waals surface area contributed by atoms with E-state index in [9.17, 15) is 4.79 Å². The molecule has 76 valence electrons. The van der Waals surface area contributed by atoms with Gasteiger partial charge in [-0.2, -0.15) is 0 Å². The van der Waals surface area contributed by atoms with Crippen LogP contribution < -0.4 is 16.2 Å². The van der Waals surface area contributed by atoms with Crippen molar-refractivity contribution in [1.82, 2.24) is 9.88 Å². The van der Waals surface area contributed by atoms with Crippen LogP contribution in [0.2, 0.25) is 0 Å². The third-order valence-corrected chi connectivity index (χ3v) is 2.54. The van der Waals surface area contributed by atoms with Gasteiger partial charge in [-0.05, 0) is 19.0 Å². The van der Waals surface area contributed by atoms with Gasteiger partial charge in [0.2, 0.25) is 0 Å². The second kappa shape index (κ2) is 3.84. The summed E-state index contributed by atoms with van der Waals surface area (Å²) in [7, 11) is 1.75. The van der Waals surface area contributed by atoms with Crippen LogP contribution in [0.5, 0.6) is 0 Å². The SMILES string of the molecule is Cn1ccc(NC2CCNC2)cc1=O. The second-order valence-corrected chi connectivity index (χ2v) is 3.70. The summed E-state index contributed by atoms with van der Waals surface area (Å²) in [6.45, 7) is 2.04. The third kappa shape index (κ3) is 1.96. The van der Waals surface area contributed by atoms with Crippen molar-refractivity contribution in [2.45, 2.75) is 12.5 Å². The number of nitrogens with zero attached hydrogens (tertiary/aromatic N) is 1. The van der Waals surface area contributed by atoms with E-state index in [1.807, 2.05) is 6.07 Å². The van der Waals surface area contributed by atoms with E-state index >= 15 is 0 Å². The topological polar surface area (TPSA) is 46.1 Å². The molecule has 0 bridgehead atoms. The molecule has 1 aromatic heterocycles. The molecular weight excluding hydrogens is 178 g/mol. The molecule has 0 spiro atoms. The van der Waals surface area contributed by atoms with E-state index in [-0.39, 0.29) is 5.56 Å². The molecule has 2 rings (SSSR count). The predicted octanol–water partition coefficient (Wildman–Crippen LogP) is 0.159. The van der Waals surface area contributed by atoms with Gasteiger partial charge in [0, 0.05) is 37.6 Å². The van der Waals surface area contributed by atoms with Gasteiger partial charge in [0.25, 0.3) is 5.56 Å². The quantitative estimate of drug-likeness (QED) is 0.703.